The molecule has 0 saturated carbocycles. The first-order valence-corrected chi connectivity index (χ1v) is 5.51. The molecule has 1 atom stereocenters. The zero-order valence-electron chi connectivity index (χ0n) is 7.26. The second-order valence-electron chi connectivity index (χ2n) is 3.28. The Morgan fingerprint density at radius 2 is 2.38 bits per heavy atom. The van der Waals surface area contributed by atoms with Crippen LogP contribution in [0.2, 0.25) is 0 Å². The topological polar surface area (TPSA) is 32.3 Å². The number of aliphatic hydroxyl groups excluding tert-OH is 1. The molecular formula is C10H12INO. The van der Waals surface area contributed by atoms with Crippen LogP contribution in [0, 0.1) is 3.57 Å². The summed E-state index contributed by atoms with van der Waals surface area (Å²) in [7, 11) is 0. The molecule has 0 bridgehead atoms. The van der Waals surface area contributed by atoms with Gasteiger partial charge >= 0.3 is 0 Å². The first-order chi connectivity index (χ1) is 6.31. The fraction of sp³-hybridized carbons (Fsp3) is 0.400. The van der Waals surface area contributed by atoms with Gasteiger partial charge in [0.1, 0.15) is 0 Å². The predicted octanol–water partition coefficient (Wildman–Crippen LogP) is 1.47. The Labute approximate surface area is 91.5 Å². The fourth-order valence-corrected chi connectivity index (χ4v) is 2.29. The molecule has 1 aliphatic heterocycles. The molecule has 1 aromatic rings. The van der Waals surface area contributed by atoms with Gasteiger partial charge in [0.25, 0.3) is 0 Å². The second kappa shape index (κ2) is 3.94. The molecule has 0 spiro atoms. The Kier molecular flexibility index (Phi) is 2.86. The van der Waals surface area contributed by atoms with Gasteiger partial charge in [-0.05, 0) is 58.8 Å². The summed E-state index contributed by atoms with van der Waals surface area (Å²) < 4.78 is 1.23. The van der Waals surface area contributed by atoms with Gasteiger partial charge < -0.3 is 10.4 Å². The van der Waals surface area contributed by atoms with Crippen LogP contribution in [-0.2, 0) is 6.42 Å². The zero-order valence-corrected chi connectivity index (χ0v) is 9.41. The van der Waals surface area contributed by atoms with Crippen molar-refractivity contribution < 1.29 is 5.11 Å². The van der Waals surface area contributed by atoms with Gasteiger partial charge in [-0.25, -0.2) is 0 Å². The monoisotopic (exact) mass is 289 g/mol. The van der Waals surface area contributed by atoms with Crippen LogP contribution in [0.4, 0.5) is 0 Å². The van der Waals surface area contributed by atoms with Crippen LogP contribution >= 0.6 is 22.6 Å². The predicted molar refractivity (Wildman–Crippen MR) is 60.7 cm³/mol. The molecule has 0 radical (unpaired) electrons. The van der Waals surface area contributed by atoms with Crippen LogP contribution in [0.5, 0.6) is 0 Å². The number of aliphatic hydroxyl groups is 1. The second-order valence-corrected chi connectivity index (χ2v) is 4.53. The van der Waals surface area contributed by atoms with Gasteiger partial charge in [0.05, 0.1) is 12.6 Å². The van der Waals surface area contributed by atoms with Crippen molar-refractivity contribution in [3.8, 4) is 0 Å². The highest BCUT2D eigenvalue weighted by Gasteiger charge is 2.18. The summed E-state index contributed by atoms with van der Waals surface area (Å²) in [6, 6.07) is 6.58. The summed E-state index contributed by atoms with van der Waals surface area (Å²) in [5.74, 6) is 0. The molecule has 1 heterocycles. The van der Waals surface area contributed by atoms with Crippen molar-refractivity contribution in [1.82, 2.24) is 5.32 Å². The van der Waals surface area contributed by atoms with E-state index in [2.05, 4.69) is 46.1 Å². The van der Waals surface area contributed by atoms with E-state index in [0.717, 1.165) is 13.0 Å². The SMILES string of the molecule is OC[C@@H]1NCCc2ccc(I)cc21. The summed E-state index contributed by atoms with van der Waals surface area (Å²) >= 11 is 2.30. The average Bonchev–Trinajstić information content (AvgIpc) is 2.17. The van der Waals surface area contributed by atoms with E-state index in [9.17, 15) is 0 Å². The molecule has 0 aromatic heterocycles. The molecule has 2 N–H and O–H groups in total. The minimum absolute atomic E-state index is 0.137. The highest BCUT2D eigenvalue weighted by molar-refractivity contribution is 14.1. The number of hydrogen-bond acceptors (Lipinski definition) is 2. The lowest BCUT2D eigenvalue weighted by molar-refractivity contribution is 0.240. The molecule has 70 valence electrons. The molecule has 0 saturated heterocycles. The average molecular weight is 289 g/mol. The zero-order chi connectivity index (χ0) is 9.26. The molecule has 1 aromatic carbocycles. The lowest BCUT2D eigenvalue weighted by atomic mass is 9.95. The summed E-state index contributed by atoms with van der Waals surface area (Å²) in [4.78, 5) is 0. The molecule has 0 amide bonds. The Morgan fingerprint density at radius 1 is 1.54 bits per heavy atom. The van der Waals surface area contributed by atoms with Gasteiger partial charge in [-0.1, -0.05) is 6.07 Å². The third-order valence-corrected chi connectivity index (χ3v) is 3.12. The maximum atomic E-state index is 9.16. The summed E-state index contributed by atoms with van der Waals surface area (Å²) in [5, 5.41) is 12.5. The normalized spacial score (nSPS) is 21.2. The van der Waals surface area contributed by atoms with E-state index in [1.54, 1.807) is 0 Å². The lowest BCUT2D eigenvalue weighted by Gasteiger charge is -2.25. The standard InChI is InChI=1S/C10H12INO/c11-8-2-1-7-3-4-12-10(6-13)9(7)5-8/h1-2,5,10,12-13H,3-4,6H2/t10-/m0/s1. The molecule has 0 aliphatic carbocycles. The Bertz CT molecular complexity index is 314. The Balaban J connectivity index is 2.41. The van der Waals surface area contributed by atoms with Crippen molar-refractivity contribution >= 4 is 22.6 Å². The first kappa shape index (κ1) is 9.43. The van der Waals surface area contributed by atoms with Crippen molar-refractivity contribution in [3.05, 3.63) is 32.9 Å². The fourth-order valence-electron chi connectivity index (χ4n) is 1.77. The van der Waals surface area contributed by atoms with Crippen LogP contribution in [0.1, 0.15) is 17.2 Å². The molecule has 1 aliphatic rings. The largest absolute Gasteiger partial charge is 0.394 e. The van der Waals surface area contributed by atoms with Crippen LogP contribution in [0.3, 0.4) is 0 Å². The maximum absolute atomic E-state index is 9.16. The number of hydrogen-bond donors (Lipinski definition) is 2. The molecule has 0 fully saturated rings. The first-order valence-electron chi connectivity index (χ1n) is 4.44. The van der Waals surface area contributed by atoms with Gasteiger partial charge in [-0.3, -0.25) is 0 Å². The van der Waals surface area contributed by atoms with Gasteiger partial charge in [0, 0.05) is 3.57 Å². The third kappa shape index (κ3) is 1.87. The summed E-state index contributed by atoms with van der Waals surface area (Å²) in [5.41, 5.74) is 2.64. The molecular weight excluding hydrogens is 277 g/mol. The highest BCUT2D eigenvalue weighted by Crippen LogP contribution is 2.24. The van der Waals surface area contributed by atoms with Gasteiger partial charge in [0.2, 0.25) is 0 Å². The summed E-state index contributed by atoms with van der Waals surface area (Å²) in [6.07, 6.45) is 1.07. The third-order valence-electron chi connectivity index (χ3n) is 2.45. The van der Waals surface area contributed by atoms with Gasteiger partial charge in [0.15, 0.2) is 0 Å². The van der Waals surface area contributed by atoms with Crippen molar-refractivity contribution in [2.24, 2.45) is 0 Å². The van der Waals surface area contributed by atoms with Crippen LogP contribution in [0.15, 0.2) is 18.2 Å². The van der Waals surface area contributed by atoms with E-state index in [-0.39, 0.29) is 12.6 Å². The van der Waals surface area contributed by atoms with Gasteiger partial charge in [-0.15, -0.1) is 0 Å². The lowest BCUT2D eigenvalue weighted by Crippen LogP contribution is -2.32. The molecule has 2 nitrogen and oxygen atoms in total. The van der Waals surface area contributed by atoms with Crippen molar-refractivity contribution in [2.45, 2.75) is 12.5 Å². The number of halogens is 1. The van der Waals surface area contributed by atoms with E-state index < -0.39 is 0 Å². The molecule has 0 unspecified atom stereocenters. The molecule has 13 heavy (non-hydrogen) atoms. The van der Waals surface area contributed by atoms with Gasteiger partial charge in [-0.2, -0.15) is 0 Å². The van der Waals surface area contributed by atoms with E-state index in [1.807, 2.05) is 0 Å². The minimum atomic E-state index is 0.137. The van der Waals surface area contributed by atoms with Crippen LogP contribution in [0.25, 0.3) is 0 Å². The van der Waals surface area contributed by atoms with Crippen LogP contribution < -0.4 is 5.32 Å². The Hall–Kier alpha value is -0.130. The maximum Gasteiger partial charge on any atom is 0.0626 e. The summed E-state index contributed by atoms with van der Waals surface area (Å²) in [6.45, 7) is 1.16. The molecule has 2 rings (SSSR count). The van der Waals surface area contributed by atoms with E-state index in [4.69, 9.17) is 5.11 Å². The van der Waals surface area contributed by atoms with Crippen molar-refractivity contribution in [2.75, 3.05) is 13.2 Å². The van der Waals surface area contributed by atoms with E-state index in [1.165, 1.54) is 14.7 Å². The highest BCUT2D eigenvalue weighted by atomic mass is 127. The number of nitrogens with one attached hydrogen (secondary N) is 1. The smallest absolute Gasteiger partial charge is 0.0626 e. The quantitative estimate of drug-likeness (QED) is 0.767. The minimum Gasteiger partial charge on any atom is -0.394 e. The van der Waals surface area contributed by atoms with Crippen LogP contribution in [-0.4, -0.2) is 18.3 Å². The van der Waals surface area contributed by atoms with E-state index in [0.29, 0.717) is 0 Å². The number of fused-ring (bicyclic) bond motifs is 1. The van der Waals surface area contributed by atoms with E-state index >= 15 is 0 Å². The van der Waals surface area contributed by atoms with Crippen molar-refractivity contribution in [1.29, 1.82) is 0 Å². The number of rotatable bonds is 1. The Morgan fingerprint density at radius 3 is 3.15 bits per heavy atom. The molecule has 3 heteroatoms. The number of benzene rings is 1. The van der Waals surface area contributed by atoms with Crippen molar-refractivity contribution in [3.63, 3.8) is 0 Å².